The summed E-state index contributed by atoms with van der Waals surface area (Å²) in [5, 5.41) is 0.768. The molecule has 42 heavy (non-hydrogen) atoms. The highest BCUT2D eigenvalue weighted by atomic mass is 16.6. The van der Waals surface area contributed by atoms with Gasteiger partial charge in [-0.25, -0.2) is 14.4 Å². The number of ether oxygens (including phenoxy) is 7. The molecule has 0 N–H and O–H groups in total. The van der Waals surface area contributed by atoms with E-state index in [-0.39, 0.29) is 80.7 Å². The van der Waals surface area contributed by atoms with Crippen LogP contribution in [0.15, 0.2) is 75.6 Å². The van der Waals surface area contributed by atoms with Crippen molar-refractivity contribution in [1.82, 2.24) is 0 Å². The van der Waals surface area contributed by atoms with E-state index in [0.717, 1.165) is 0 Å². The average molecular weight is 583 g/mol. The van der Waals surface area contributed by atoms with Gasteiger partial charge in [0.25, 0.3) is 0 Å². The number of Topliss-reactive ketones (excluding diaryl/α,β-unsaturated/α-hetero) is 1. The molecule has 2 aromatic carbocycles. The van der Waals surface area contributed by atoms with Crippen molar-refractivity contribution < 1.29 is 52.3 Å². The van der Waals surface area contributed by atoms with Gasteiger partial charge in [-0.15, -0.1) is 0 Å². The molecule has 0 fully saturated rings. The second-order valence-electron chi connectivity index (χ2n) is 8.23. The number of carbonyl (C=O) groups is 4. The molecule has 0 amide bonds. The first-order valence-corrected chi connectivity index (χ1v) is 12.9. The average Bonchev–Trinajstić information content (AvgIpc) is 3.00. The Labute approximate surface area is 243 Å². The van der Waals surface area contributed by atoms with Gasteiger partial charge in [0.1, 0.15) is 39.6 Å². The van der Waals surface area contributed by atoms with E-state index in [2.05, 4.69) is 26.3 Å². The van der Waals surface area contributed by atoms with Gasteiger partial charge in [0.2, 0.25) is 0 Å². The van der Waals surface area contributed by atoms with E-state index < -0.39 is 17.9 Å². The molecule has 0 aliphatic carbocycles. The molecule has 2 aromatic rings. The monoisotopic (exact) mass is 582 g/mol. The van der Waals surface area contributed by atoms with Gasteiger partial charge in [0, 0.05) is 12.0 Å². The number of benzene rings is 2. The summed E-state index contributed by atoms with van der Waals surface area (Å²) in [5.74, 6) is -2.77. The van der Waals surface area contributed by atoms with Crippen LogP contribution in [0.3, 0.4) is 0 Å². The first kappa shape index (κ1) is 33.1. The molecule has 2 rings (SSSR count). The minimum Gasteiger partial charge on any atom is -0.502 e. The van der Waals surface area contributed by atoms with Gasteiger partial charge >= 0.3 is 17.9 Å². The highest BCUT2D eigenvalue weighted by Crippen LogP contribution is 2.27. The van der Waals surface area contributed by atoms with Crippen molar-refractivity contribution in [3.63, 3.8) is 0 Å². The van der Waals surface area contributed by atoms with Crippen molar-refractivity contribution in [2.45, 2.75) is 12.8 Å². The molecule has 0 spiro atoms. The van der Waals surface area contributed by atoms with E-state index in [0.29, 0.717) is 17.2 Å². The van der Waals surface area contributed by atoms with Crippen LogP contribution in [0.5, 0.6) is 0 Å². The zero-order valence-corrected chi connectivity index (χ0v) is 23.3. The molecule has 11 heteroatoms. The van der Waals surface area contributed by atoms with Gasteiger partial charge in [-0.05, 0) is 41.5 Å². The second-order valence-corrected chi connectivity index (χ2v) is 8.23. The number of carbonyl (C=O) groups excluding carboxylic acids is 4. The number of hydrogen-bond acceptors (Lipinski definition) is 11. The minimum absolute atomic E-state index is 0.0219. The minimum atomic E-state index is -0.827. The lowest BCUT2D eigenvalue weighted by molar-refractivity contribution is 0.0377. The summed E-state index contributed by atoms with van der Waals surface area (Å²) < 4.78 is 35.8. The molecule has 0 aromatic heterocycles. The molecule has 224 valence electrons. The Bertz CT molecular complexity index is 1100. The molecule has 11 nitrogen and oxygen atoms in total. The molecule has 0 unspecified atom stereocenters. The Morgan fingerprint density at radius 1 is 0.500 bits per heavy atom. The summed E-state index contributed by atoms with van der Waals surface area (Å²) in [4.78, 5) is 52.2. The van der Waals surface area contributed by atoms with E-state index in [1.165, 1.54) is 49.3 Å². The van der Waals surface area contributed by atoms with Crippen LogP contribution in [0, 0.1) is 0 Å². The molecular weight excluding hydrogens is 548 g/mol. The topological polar surface area (TPSA) is 133 Å². The standard InChI is InChI=1S/C31H34O11/c1-5-36-11-9-10-28(32)24-18-22-20-26(30(34)41-16-13-38-7-3)27(31(35)42-17-14-39-8-4)21-23(22)19-25(24)29(33)40-15-12-37-6-2/h5-8,18-21H,1-4,9-17H2. The Morgan fingerprint density at radius 3 is 1.21 bits per heavy atom. The van der Waals surface area contributed by atoms with Crippen molar-refractivity contribution in [3.05, 3.63) is 97.9 Å². The molecule has 0 aliphatic rings. The van der Waals surface area contributed by atoms with Gasteiger partial charge in [-0.3, -0.25) is 4.79 Å². The van der Waals surface area contributed by atoms with E-state index >= 15 is 0 Å². The smallest absolute Gasteiger partial charge is 0.339 e. The Hall–Kier alpha value is -5.06. The summed E-state index contributed by atoms with van der Waals surface area (Å²) in [5.41, 5.74) is -0.168. The quantitative estimate of drug-likeness (QED) is 0.0653. The third-order valence-corrected chi connectivity index (χ3v) is 5.51. The maximum Gasteiger partial charge on any atom is 0.339 e. The summed E-state index contributed by atoms with van der Waals surface area (Å²) in [6.45, 7) is 13.9. The van der Waals surface area contributed by atoms with E-state index in [9.17, 15) is 19.2 Å². The van der Waals surface area contributed by atoms with E-state index in [4.69, 9.17) is 33.2 Å². The summed E-state index contributed by atoms with van der Waals surface area (Å²) in [7, 11) is 0. The van der Waals surface area contributed by atoms with Crippen LogP contribution in [0.2, 0.25) is 0 Å². The van der Waals surface area contributed by atoms with Gasteiger partial charge in [-0.1, -0.05) is 26.3 Å². The zero-order chi connectivity index (χ0) is 30.7. The van der Waals surface area contributed by atoms with Gasteiger partial charge in [0.15, 0.2) is 5.78 Å². The van der Waals surface area contributed by atoms with Crippen molar-refractivity contribution in [2.75, 3.05) is 46.2 Å². The molecular formula is C31H34O11. The maximum atomic E-state index is 13.2. The molecule has 0 saturated carbocycles. The van der Waals surface area contributed by atoms with Gasteiger partial charge in [-0.2, -0.15) is 0 Å². The summed E-state index contributed by atoms with van der Waals surface area (Å²) in [6, 6.07) is 5.66. The van der Waals surface area contributed by atoms with Crippen molar-refractivity contribution in [3.8, 4) is 0 Å². The van der Waals surface area contributed by atoms with Crippen LogP contribution in [-0.2, 0) is 33.2 Å². The molecule has 0 atom stereocenters. The largest absolute Gasteiger partial charge is 0.502 e. The summed E-state index contributed by atoms with van der Waals surface area (Å²) >= 11 is 0. The number of fused-ring (bicyclic) bond motifs is 1. The first-order chi connectivity index (χ1) is 20.4. The van der Waals surface area contributed by atoms with Crippen LogP contribution in [0.1, 0.15) is 54.3 Å². The number of hydrogen-bond donors (Lipinski definition) is 0. The highest BCUT2D eigenvalue weighted by molar-refractivity contribution is 6.12. The van der Waals surface area contributed by atoms with Crippen LogP contribution in [0.25, 0.3) is 10.8 Å². The van der Waals surface area contributed by atoms with Crippen molar-refractivity contribution in [1.29, 1.82) is 0 Å². The third kappa shape index (κ3) is 10.2. The molecule has 0 radical (unpaired) electrons. The van der Waals surface area contributed by atoms with Crippen molar-refractivity contribution >= 4 is 34.5 Å². The molecule has 0 aliphatic heterocycles. The predicted octanol–water partition coefficient (Wildman–Crippen LogP) is 4.91. The predicted molar refractivity (Wildman–Crippen MR) is 153 cm³/mol. The molecule has 0 heterocycles. The van der Waals surface area contributed by atoms with Crippen LogP contribution >= 0.6 is 0 Å². The summed E-state index contributed by atoms with van der Waals surface area (Å²) in [6.07, 6.45) is 5.32. The number of rotatable bonds is 21. The lowest BCUT2D eigenvalue weighted by Crippen LogP contribution is -2.18. The lowest BCUT2D eigenvalue weighted by atomic mass is 9.93. The Kier molecular flexibility index (Phi) is 14.5. The van der Waals surface area contributed by atoms with Crippen LogP contribution in [-0.4, -0.2) is 69.9 Å². The maximum absolute atomic E-state index is 13.2. The highest BCUT2D eigenvalue weighted by Gasteiger charge is 2.24. The Balaban J connectivity index is 2.56. The fourth-order valence-electron chi connectivity index (χ4n) is 3.65. The van der Waals surface area contributed by atoms with Crippen LogP contribution < -0.4 is 0 Å². The molecule has 0 bridgehead atoms. The van der Waals surface area contributed by atoms with E-state index in [1.807, 2.05) is 0 Å². The van der Waals surface area contributed by atoms with Gasteiger partial charge in [0.05, 0.1) is 48.3 Å². The first-order valence-electron chi connectivity index (χ1n) is 12.9. The fraction of sp³-hybridized carbons (Fsp3) is 0.290. The number of ketones is 1. The van der Waals surface area contributed by atoms with Crippen molar-refractivity contribution in [2.24, 2.45) is 0 Å². The van der Waals surface area contributed by atoms with Crippen LogP contribution in [0.4, 0.5) is 0 Å². The second kappa shape index (κ2) is 18.3. The zero-order valence-electron chi connectivity index (χ0n) is 23.3. The van der Waals surface area contributed by atoms with Gasteiger partial charge < -0.3 is 33.2 Å². The normalized spacial score (nSPS) is 10.1. The molecule has 0 saturated heterocycles. The third-order valence-electron chi connectivity index (χ3n) is 5.51. The SMILES string of the molecule is C=COCCCC(=O)c1cc2cc(C(=O)OCCOC=C)c(C(=O)OCCOC=C)cc2cc1C(=O)OCCOC=C. The lowest BCUT2D eigenvalue weighted by Gasteiger charge is -2.14. The fourth-order valence-corrected chi connectivity index (χ4v) is 3.65. The van der Waals surface area contributed by atoms with E-state index in [1.54, 1.807) is 0 Å². The number of esters is 3. The Morgan fingerprint density at radius 2 is 0.833 bits per heavy atom.